The van der Waals surface area contributed by atoms with E-state index in [0.717, 1.165) is 11.1 Å². The average Bonchev–Trinajstić information content (AvgIpc) is 2.47. The maximum Gasteiger partial charge on any atom is 0.298 e. The van der Waals surface area contributed by atoms with E-state index in [9.17, 15) is 4.79 Å². The third-order valence-electron chi connectivity index (χ3n) is 2.97. The number of nitrogens with zero attached hydrogens (tertiary/aromatic N) is 1. The molecule has 0 aliphatic rings. The van der Waals surface area contributed by atoms with Crippen molar-refractivity contribution in [2.75, 3.05) is 7.05 Å². The van der Waals surface area contributed by atoms with Gasteiger partial charge >= 0.3 is 0 Å². The summed E-state index contributed by atoms with van der Waals surface area (Å²) < 4.78 is 0. The zero-order valence-corrected chi connectivity index (χ0v) is 11.8. The van der Waals surface area contributed by atoms with Gasteiger partial charge in [-0.05, 0) is 24.6 Å². The topological polar surface area (TPSA) is 20.3 Å². The van der Waals surface area contributed by atoms with Gasteiger partial charge in [0.2, 0.25) is 0 Å². The largest absolute Gasteiger partial charge is 0.331 e. The third kappa shape index (κ3) is 4.00. The Morgan fingerprint density at radius 1 is 1.05 bits per heavy atom. The molecule has 2 rings (SSSR count). The SMILES string of the molecule is Cc1ccc(C#CC(=O)N(C)Cc2ccccc2)cc1. The summed E-state index contributed by atoms with van der Waals surface area (Å²) in [4.78, 5) is 13.6. The van der Waals surface area contributed by atoms with Crippen LogP contribution in [0.1, 0.15) is 16.7 Å². The van der Waals surface area contributed by atoms with E-state index in [4.69, 9.17) is 0 Å². The second-order valence-electron chi connectivity index (χ2n) is 4.76. The van der Waals surface area contributed by atoms with Gasteiger partial charge in [0.1, 0.15) is 0 Å². The van der Waals surface area contributed by atoms with Crippen LogP contribution in [-0.2, 0) is 11.3 Å². The molecule has 2 heteroatoms. The predicted octanol–water partition coefficient (Wildman–Crippen LogP) is 3.01. The molecule has 0 radical (unpaired) electrons. The molecule has 0 unspecified atom stereocenters. The summed E-state index contributed by atoms with van der Waals surface area (Å²) >= 11 is 0. The van der Waals surface area contributed by atoms with Crippen LogP contribution in [0.3, 0.4) is 0 Å². The Morgan fingerprint density at radius 2 is 1.70 bits per heavy atom. The summed E-state index contributed by atoms with van der Waals surface area (Å²) in [6.45, 7) is 2.60. The van der Waals surface area contributed by atoms with Gasteiger partial charge in [0.15, 0.2) is 0 Å². The summed E-state index contributed by atoms with van der Waals surface area (Å²) in [6.07, 6.45) is 0. The summed E-state index contributed by atoms with van der Waals surface area (Å²) in [7, 11) is 1.76. The molecule has 0 saturated carbocycles. The minimum atomic E-state index is -0.172. The first kappa shape index (κ1) is 13.9. The van der Waals surface area contributed by atoms with Crippen molar-refractivity contribution in [1.82, 2.24) is 4.90 Å². The van der Waals surface area contributed by atoms with Gasteiger partial charge in [0, 0.05) is 25.1 Å². The highest BCUT2D eigenvalue weighted by Crippen LogP contribution is 2.03. The van der Waals surface area contributed by atoms with E-state index in [0.29, 0.717) is 6.54 Å². The van der Waals surface area contributed by atoms with E-state index in [1.807, 2.05) is 61.5 Å². The Hall–Kier alpha value is -2.53. The molecule has 0 saturated heterocycles. The van der Waals surface area contributed by atoms with Crippen LogP contribution in [0.4, 0.5) is 0 Å². The number of carbonyl (C=O) groups excluding carboxylic acids is 1. The zero-order chi connectivity index (χ0) is 14.4. The van der Waals surface area contributed by atoms with E-state index in [1.54, 1.807) is 11.9 Å². The van der Waals surface area contributed by atoms with Crippen LogP contribution in [-0.4, -0.2) is 17.9 Å². The average molecular weight is 263 g/mol. The number of carbonyl (C=O) groups is 1. The normalized spacial score (nSPS) is 9.50. The van der Waals surface area contributed by atoms with Crippen molar-refractivity contribution in [3.05, 3.63) is 71.3 Å². The Kier molecular flexibility index (Phi) is 4.57. The maximum absolute atomic E-state index is 11.9. The molecule has 0 aromatic heterocycles. The molecule has 1 amide bonds. The van der Waals surface area contributed by atoms with E-state index in [2.05, 4.69) is 11.8 Å². The van der Waals surface area contributed by atoms with Gasteiger partial charge in [-0.2, -0.15) is 0 Å². The van der Waals surface area contributed by atoms with Crippen molar-refractivity contribution < 1.29 is 4.79 Å². The highest BCUT2D eigenvalue weighted by Gasteiger charge is 2.05. The molecular weight excluding hydrogens is 246 g/mol. The fourth-order valence-electron chi connectivity index (χ4n) is 1.79. The fraction of sp³-hybridized carbons (Fsp3) is 0.167. The number of hydrogen-bond donors (Lipinski definition) is 0. The van der Waals surface area contributed by atoms with Gasteiger partial charge in [-0.25, -0.2) is 0 Å². The van der Waals surface area contributed by atoms with Gasteiger partial charge in [-0.1, -0.05) is 53.9 Å². The van der Waals surface area contributed by atoms with Gasteiger partial charge in [-0.3, -0.25) is 4.79 Å². The molecule has 100 valence electrons. The molecule has 2 aromatic rings. The summed E-state index contributed by atoms with van der Waals surface area (Å²) in [5, 5.41) is 0. The Balaban J connectivity index is 2.00. The van der Waals surface area contributed by atoms with Crippen LogP contribution in [0.5, 0.6) is 0 Å². The summed E-state index contributed by atoms with van der Waals surface area (Å²) in [6, 6.07) is 17.7. The van der Waals surface area contributed by atoms with Gasteiger partial charge in [-0.15, -0.1) is 0 Å². The molecule has 0 heterocycles. The number of rotatable bonds is 2. The van der Waals surface area contributed by atoms with Crippen molar-refractivity contribution in [3.8, 4) is 11.8 Å². The number of aryl methyl sites for hydroxylation is 1. The van der Waals surface area contributed by atoms with Crippen LogP contribution in [0.25, 0.3) is 0 Å². The van der Waals surface area contributed by atoms with Gasteiger partial charge in [0.25, 0.3) is 5.91 Å². The van der Waals surface area contributed by atoms with E-state index < -0.39 is 0 Å². The molecule has 0 aliphatic heterocycles. The second-order valence-corrected chi connectivity index (χ2v) is 4.76. The second kappa shape index (κ2) is 6.58. The first-order chi connectivity index (χ1) is 9.65. The van der Waals surface area contributed by atoms with Crippen molar-refractivity contribution in [3.63, 3.8) is 0 Å². The maximum atomic E-state index is 11.9. The summed E-state index contributed by atoms with van der Waals surface area (Å²) in [5.74, 6) is 5.40. The highest BCUT2D eigenvalue weighted by molar-refractivity contribution is 5.93. The third-order valence-corrected chi connectivity index (χ3v) is 2.97. The Labute approximate surface area is 120 Å². The molecule has 0 spiro atoms. The van der Waals surface area contributed by atoms with Crippen LogP contribution < -0.4 is 0 Å². The molecule has 0 aliphatic carbocycles. The van der Waals surface area contributed by atoms with Gasteiger partial charge < -0.3 is 4.90 Å². The molecule has 0 N–H and O–H groups in total. The fourth-order valence-corrected chi connectivity index (χ4v) is 1.79. The molecule has 0 fully saturated rings. The first-order valence-corrected chi connectivity index (χ1v) is 6.53. The lowest BCUT2D eigenvalue weighted by atomic mass is 10.1. The summed E-state index contributed by atoms with van der Waals surface area (Å²) in [5.41, 5.74) is 3.14. The minimum Gasteiger partial charge on any atom is -0.331 e. The lowest BCUT2D eigenvalue weighted by Crippen LogP contribution is -2.24. The molecule has 0 atom stereocenters. The van der Waals surface area contributed by atoms with Crippen molar-refractivity contribution in [1.29, 1.82) is 0 Å². The van der Waals surface area contributed by atoms with Crippen LogP contribution >= 0.6 is 0 Å². The molecule has 2 aromatic carbocycles. The van der Waals surface area contributed by atoms with E-state index >= 15 is 0 Å². The van der Waals surface area contributed by atoms with Crippen LogP contribution in [0, 0.1) is 18.8 Å². The Bertz CT molecular complexity index is 633. The molecule has 2 nitrogen and oxygen atoms in total. The Morgan fingerprint density at radius 3 is 2.35 bits per heavy atom. The number of hydrogen-bond acceptors (Lipinski definition) is 1. The predicted molar refractivity (Wildman–Crippen MR) is 81.0 cm³/mol. The van der Waals surface area contributed by atoms with E-state index in [1.165, 1.54) is 5.56 Å². The van der Waals surface area contributed by atoms with Crippen LogP contribution in [0.15, 0.2) is 54.6 Å². The van der Waals surface area contributed by atoms with Crippen molar-refractivity contribution in [2.24, 2.45) is 0 Å². The molecule has 0 bridgehead atoms. The highest BCUT2D eigenvalue weighted by atomic mass is 16.2. The quantitative estimate of drug-likeness (QED) is 0.763. The van der Waals surface area contributed by atoms with Crippen molar-refractivity contribution in [2.45, 2.75) is 13.5 Å². The minimum absolute atomic E-state index is 0.172. The zero-order valence-electron chi connectivity index (χ0n) is 11.8. The number of benzene rings is 2. The standard InChI is InChI=1S/C18H17NO/c1-15-8-10-16(11-9-15)12-13-18(20)19(2)14-17-6-4-3-5-7-17/h3-11H,14H2,1-2H3. The van der Waals surface area contributed by atoms with E-state index in [-0.39, 0.29) is 5.91 Å². The van der Waals surface area contributed by atoms with Crippen molar-refractivity contribution >= 4 is 5.91 Å². The monoisotopic (exact) mass is 263 g/mol. The van der Waals surface area contributed by atoms with Gasteiger partial charge in [0.05, 0.1) is 0 Å². The lowest BCUT2D eigenvalue weighted by molar-refractivity contribution is -0.124. The van der Waals surface area contributed by atoms with Crippen LogP contribution in [0.2, 0.25) is 0 Å². The number of amides is 1. The first-order valence-electron chi connectivity index (χ1n) is 6.53. The lowest BCUT2D eigenvalue weighted by Gasteiger charge is -2.13. The smallest absolute Gasteiger partial charge is 0.298 e. The molecular formula is C18H17NO. The molecule has 20 heavy (non-hydrogen) atoms.